The minimum Gasteiger partial charge on any atom is -0.306 e. The fourth-order valence-electron chi connectivity index (χ4n) is 2.18. The predicted octanol–water partition coefficient (Wildman–Crippen LogP) is 5.54. The molecule has 0 saturated heterocycles. The van der Waals surface area contributed by atoms with E-state index >= 15 is 0 Å². The first-order valence-electron chi connectivity index (χ1n) is 6.84. The maximum absolute atomic E-state index is 6.15. The summed E-state index contributed by atoms with van der Waals surface area (Å²) in [7, 11) is 0. The first-order valence-corrected chi connectivity index (χ1v) is 7.59. The average molecular weight is 308 g/mol. The summed E-state index contributed by atoms with van der Waals surface area (Å²) in [6.45, 7) is 5.00. The molecule has 0 aliphatic carbocycles. The first kappa shape index (κ1) is 15.4. The molecule has 0 aromatic heterocycles. The maximum atomic E-state index is 6.15. The number of nitrogens with one attached hydrogen (secondary N) is 1. The Balaban J connectivity index is 2.03. The van der Waals surface area contributed by atoms with Gasteiger partial charge in [0.25, 0.3) is 0 Å². The Labute approximate surface area is 130 Å². The van der Waals surface area contributed by atoms with Crippen molar-refractivity contribution in [2.45, 2.75) is 32.9 Å². The summed E-state index contributed by atoms with van der Waals surface area (Å²) in [5.41, 5.74) is 3.57. The summed E-state index contributed by atoms with van der Waals surface area (Å²) in [6, 6.07) is 14.5. The highest BCUT2D eigenvalue weighted by Gasteiger charge is 2.08. The van der Waals surface area contributed by atoms with Crippen molar-refractivity contribution >= 4 is 23.2 Å². The second kappa shape index (κ2) is 7.12. The van der Waals surface area contributed by atoms with E-state index in [0.29, 0.717) is 6.04 Å². The highest BCUT2D eigenvalue weighted by atomic mass is 35.5. The van der Waals surface area contributed by atoms with Crippen LogP contribution in [0.15, 0.2) is 42.5 Å². The molecule has 2 aromatic carbocycles. The number of hydrogen-bond acceptors (Lipinski definition) is 1. The van der Waals surface area contributed by atoms with Crippen molar-refractivity contribution < 1.29 is 0 Å². The van der Waals surface area contributed by atoms with E-state index in [1.807, 2.05) is 25.1 Å². The van der Waals surface area contributed by atoms with Gasteiger partial charge in [0, 0.05) is 22.6 Å². The molecule has 0 radical (unpaired) electrons. The van der Waals surface area contributed by atoms with Crippen LogP contribution in [0.1, 0.15) is 36.1 Å². The minimum absolute atomic E-state index is 0.326. The highest BCUT2D eigenvalue weighted by molar-refractivity contribution is 6.31. The van der Waals surface area contributed by atoms with Crippen molar-refractivity contribution in [3.8, 4) is 0 Å². The summed E-state index contributed by atoms with van der Waals surface area (Å²) in [4.78, 5) is 0. The second-order valence-electron chi connectivity index (χ2n) is 4.98. The smallest absolute Gasteiger partial charge is 0.0438 e. The molecule has 0 spiro atoms. The molecule has 0 fully saturated rings. The van der Waals surface area contributed by atoms with E-state index in [2.05, 4.69) is 36.5 Å². The van der Waals surface area contributed by atoms with E-state index in [4.69, 9.17) is 23.2 Å². The zero-order valence-corrected chi connectivity index (χ0v) is 13.3. The zero-order valence-electron chi connectivity index (χ0n) is 11.8. The van der Waals surface area contributed by atoms with Gasteiger partial charge in [0.2, 0.25) is 0 Å². The normalized spacial score (nSPS) is 12.4. The van der Waals surface area contributed by atoms with Crippen LogP contribution in [0.4, 0.5) is 0 Å². The van der Waals surface area contributed by atoms with Crippen molar-refractivity contribution in [2.75, 3.05) is 0 Å². The fraction of sp³-hybridized carbons (Fsp3) is 0.294. The lowest BCUT2D eigenvalue weighted by Crippen LogP contribution is -2.20. The zero-order chi connectivity index (χ0) is 14.5. The molecular formula is C17H19Cl2N. The Morgan fingerprint density at radius 3 is 2.35 bits per heavy atom. The lowest BCUT2D eigenvalue weighted by atomic mass is 10.0. The number of benzene rings is 2. The van der Waals surface area contributed by atoms with Gasteiger partial charge < -0.3 is 5.32 Å². The van der Waals surface area contributed by atoms with Gasteiger partial charge in [0.15, 0.2) is 0 Å². The molecule has 106 valence electrons. The molecule has 0 amide bonds. The van der Waals surface area contributed by atoms with Crippen LogP contribution >= 0.6 is 23.2 Å². The van der Waals surface area contributed by atoms with Gasteiger partial charge in [-0.25, -0.2) is 0 Å². The van der Waals surface area contributed by atoms with E-state index in [0.717, 1.165) is 28.6 Å². The SMILES string of the molecule is CCC(NCc1ccc(C)c(Cl)c1)c1ccc(Cl)cc1. The number of rotatable bonds is 5. The Morgan fingerprint density at radius 1 is 1.05 bits per heavy atom. The predicted molar refractivity (Wildman–Crippen MR) is 87.5 cm³/mol. The quantitative estimate of drug-likeness (QED) is 0.764. The van der Waals surface area contributed by atoms with Crippen LogP contribution in [0, 0.1) is 6.92 Å². The van der Waals surface area contributed by atoms with Crippen molar-refractivity contribution in [3.05, 3.63) is 69.2 Å². The minimum atomic E-state index is 0.326. The van der Waals surface area contributed by atoms with E-state index in [1.165, 1.54) is 11.1 Å². The van der Waals surface area contributed by atoms with Crippen molar-refractivity contribution in [1.82, 2.24) is 5.32 Å². The molecule has 0 bridgehead atoms. The van der Waals surface area contributed by atoms with Crippen molar-refractivity contribution in [2.24, 2.45) is 0 Å². The summed E-state index contributed by atoms with van der Waals surface area (Å²) >= 11 is 12.1. The molecule has 0 heterocycles. The molecule has 2 aromatic rings. The Hall–Kier alpha value is -1.02. The van der Waals surface area contributed by atoms with Crippen LogP contribution in [0.25, 0.3) is 0 Å². The van der Waals surface area contributed by atoms with Crippen LogP contribution in [0.3, 0.4) is 0 Å². The lowest BCUT2D eigenvalue weighted by molar-refractivity contribution is 0.519. The molecule has 20 heavy (non-hydrogen) atoms. The number of halogens is 2. The van der Waals surface area contributed by atoms with Gasteiger partial charge in [-0.3, -0.25) is 0 Å². The summed E-state index contributed by atoms with van der Waals surface area (Å²) in [6.07, 6.45) is 1.03. The molecular weight excluding hydrogens is 289 g/mol. The van der Waals surface area contributed by atoms with Crippen molar-refractivity contribution in [3.63, 3.8) is 0 Å². The third-order valence-electron chi connectivity index (χ3n) is 3.47. The Morgan fingerprint density at radius 2 is 1.75 bits per heavy atom. The largest absolute Gasteiger partial charge is 0.306 e. The lowest BCUT2D eigenvalue weighted by Gasteiger charge is -2.18. The van der Waals surface area contributed by atoms with Gasteiger partial charge in [0.1, 0.15) is 0 Å². The molecule has 1 atom stereocenters. The van der Waals surface area contributed by atoms with Crippen LogP contribution in [-0.4, -0.2) is 0 Å². The van der Waals surface area contributed by atoms with Gasteiger partial charge in [0.05, 0.1) is 0 Å². The molecule has 0 saturated carbocycles. The molecule has 2 rings (SSSR count). The monoisotopic (exact) mass is 307 g/mol. The fourth-order valence-corrected chi connectivity index (χ4v) is 2.51. The summed E-state index contributed by atoms with van der Waals surface area (Å²) < 4.78 is 0. The van der Waals surface area contributed by atoms with Crippen LogP contribution in [-0.2, 0) is 6.54 Å². The molecule has 0 aliphatic rings. The van der Waals surface area contributed by atoms with Gasteiger partial charge in [-0.05, 0) is 48.2 Å². The van der Waals surface area contributed by atoms with Gasteiger partial charge in [-0.15, -0.1) is 0 Å². The third-order valence-corrected chi connectivity index (χ3v) is 4.13. The molecule has 0 aliphatic heterocycles. The van der Waals surface area contributed by atoms with Gasteiger partial charge >= 0.3 is 0 Å². The second-order valence-corrected chi connectivity index (χ2v) is 5.82. The molecule has 1 N–H and O–H groups in total. The van der Waals surface area contributed by atoms with Crippen LogP contribution in [0.5, 0.6) is 0 Å². The average Bonchev–Trinajstić information content (AvgIpc) is 2.45. The van der Waals surface area contributed by atoms with Crippen molar-refractivity contribution in [1.29, 1.82) is 0 Å². The van der Waals surface area contributed by atoms with Gasteiger partial charge in [-0.2, -0.15) is 0 Å². The number of aryl methyl sites for hydroxylation is 1. The molecule has 1 unspecified atom stereocenters. The van der Waals surface area contributed by atoms with E-state index in [-0.39, 0.29) is 0 Å². The Kier molecular flexibility index (Phi) is 5.47. The summed E-state index contributed by atoms with van der Waals surface area (Å²) in [5.74, 6) is 0. The van der Waals surface area contributed by atoms with Gasteiger partial charge in [-0.1, -0.05) is 54.4 Å². The topological polar surface area (TPSA) is 12.0 Å². The third kappa shape index (κ3) is 3.99. The molecule has 1 nitrogen and oxygen atoms in total. The first-order chi connectivity index (χ1) is 9.60. The van der Waals surface area contributed by atoms with Crippen LogP contribution in [0.2, 0.25) is 10.0 Å². The number of hydrogen-bond donors (Lipinski definition) is 1. The standard InChI is InChI=1S/C17H19Cl2N/c1-3-17(14-6-8-15(18)9-7-14)20-11-13-5-4-12(2)16(19)10-13/h4-10,17,20H,3,11H2,1-2H3. The Bertz CT molecular complexity index is 564. The van der Waals surface area contributed by atoms with E-state index < -0.39 is 0 Å². The van der Waals surface area contributed by atoms with E-state index in [9.17, 15) is 0 Å². The van der Waals surface area contributed by atoms with Crippen LogP contribution < -0.4 is 5.32 Å². The summed E-state index contributed by atoms with van der Waals surface area (Å²) in [5, 5.41) is 5.16. The highest BCUT2D eigenvalue weighted by Crippen LogP contribution is 2.21. The molecule has 3 heteroatoms. The maximum Gasteiger partial charge on any atom is 0.0438 e. The van der Waals surface area contributed by atoms with E-state index in [1.54, 1.807) is 0 Å².